The molecule has 2 amide bonds. The quantitative estimate of drug-likeness (QED) is 0.558. The molecular weight excluding hydrogens is 377 g/mol. The molecular formula is C19H20FN7O2. The zero-order chi connectivity index (χ0) is 20.8. The van der Waals surface area contributed by atoms with Gasteiger partial charge in [0.1, 0.15) is 5.82 Å². The smallest absolute Gasteiger partial charge is 0.278 e. The number of anilines is 2. The van der Waals surface area contributed by atoms with Crippen LogP contribution in [0.1, 0.15) is 39.8 Å². The average Bonchev–Trinajstić information content (AvgIpc) is 3.14. The number of carbonyl (C=O) groups is 2. The predicted octanol–water partition coefficient (Wildman–Crippen LogP) is 1.83. The summed E-state index contributed by atoms with van der Waals surface area (Å²) in [6.07, 6.45) is 6.59. The van der Waals surface area contributed by atoms with Crippen molar-refractivity contribution < 1.29 is 14.0 Å². The highest BCUT2D eigenvalue weighted by Crippen LogP contribution is 2.14. The maximum absolute atomic E-state index is 14.0. The molecule has 3 aromatic rings. The van der Waals surface area contributed by atoms with Crippen molar-refractivity contribution in [3.05, 3.63) is 65.6 Å². The monoisotopic (exact) mass is 397 g/mol. The van der Waals surface area contributed by atoms with Crippen LogP contribution in [0.2, 0.25) is 0 Å². The molecule has 29 heavy (non-hydrogen) atoms. The third kappa shape index (κ3) is 4.92. The van der Waals surface area contributed by atoms with Crippen LogP contribution in [0, 0.1) is 5.82 Å². The summed E-state index contributed by atoms with van der Waals surface area (Å²) in [6, 6.07) is 4.31. The number of nitrogen functional groups attached to an aromatic ring is 1. The van der Waals surface area contributed by atoms with Crippen molar-refractivity contribution in [2.24, 2.45) is 0 Å². The summed E-state index contributed by atoms with van der Waals surface area (Å²) in [5.41, 5.74) is 6.76. The van der Waals surface area contributed by atoms with Crippen molar-refractivity contribution in [3.8, 4) is 0 Å². The van der Waals surface area contributed by atoms with Crippen LogP contribution in [-0.4, -0.2) is 38.1 Å². The van der Waals surface area contributed by atoms with Gasteiger partial charge in [0.05, 0.1) is 24.0 Å². The number of nitrogens with zero attached hydrogens (tertiary/aromatic N) is 4. The first-order valence-corrected chi connectivity index (χ1v) is 8.95. The summed E-state index contributed by atoms with van der Waals surface area (Å²) in [6.45, 7) is 2.68. The Morgan fingerprint density at radius 1 is 1.21 bits per heavy atom. The highest BCUT2D eigenvalue weighted by Gasteiger charge is 2.14. The molecule has 4 N–H and O–H groups in total. The fourth-order valence-corrected chi connectivity index (χ4v) is 2.59. The van der Waals surface area contributed by atoms with Gasteiger partial charge in [-0.25, -0.2) is 14.4 Å². The lowest BCUT2D eigenvalue weighted by atomic mass is 10.1. The van der Waals surface area contributed by atoms with Gasteiger partial charge in [0.2, 0.25) is 0 Å². The van der Waals surface area contributed by atoms with E-state index < -0.39 is 17.6 Å². The lowest BCUT2D eigenvalue weighted by Gasteiger charge is -2.08. The summed E-state index contributed by atoms with van der Waals surface area (Å²) in [7, 11) is 0. The van der Waals surface area contributed by atoms with Crippen molar-refractivity contribution in [1.29, 1.82) is 0 Å². The van der Waals surface area contributed by atoms with Crippen LogP contribution in [0.3, 0.4) is 0 Å². The molecule has 0 aliphatic carbocycles. The van der Waals surface area contributed by atoms with Crippen molar-refractivity contribution in [2.45, 2.75) is 19.9 Å². The molecule has 0 fully saturated rings. The molecule has 3 rings (SSSR count). The van der Waals surface area contributed by atoms with Crippen LogP contribution in [0.15, 0.2) is 43.0 Å². The number of halogens is 1. The van der Waals surface area contributed by atoms with Crippen molar-refractivity contribution in [2.75, 3.05) is 17.6 Å². The van der Waals surface area contributed by atoms with E-state index in [1.807, 2.05) is 6.92 Å². The van der Waals surface area contributed by atoms with E-state index in [1.165, 1.54) is 30.7 Å². The number of aromatic nitrogens is 4. The van der Waals surface area contributed by atoms with E-state index in [4.69, 9.17) is 5.73 Å². The number of nitrogens with two attached hydrogens (primary N) is 1. The van der Waals surface area contributed by atoms with Gasteiger partial charge in [-0.05, 0) is 24.1 Å². The fourth-order valence-electron chi connectivity index (χ4n) is 2.59. The molecule has 0 unspecified atom stereocenters. The lowest BCUT2D eigenvalue weighted by Crippen LogP contribution is -2.25. The first kappa shape index (κ1) is 19.9. The highest BCUT2D eigenvalue weighted by atomic mass is 19.1. The van der Waals surface area contributed by atoms with E-state index in [0.29, 0.717) is 17.8 Å². The Balaban J connectivity index is 1.69. The van der Waals surface area contributed by atoms with Gasteiger partial charge >= 0.3 is 0 Å². The fraction of sp³-hybridized carbons (Fsp3) is 0.211. The van der Waals surface area contributed by atoms with E-state index in [9.17, 15) is 14.0 Å². The molecule has 0 aliphatic rings. The Kier molecular flexibility index (Phi) is 6.12. The van der Waals surface area contributed by atoms with Crippen LogP contribution in [-0.2, 0) is 6.54 Å². The molecule has 150 valence electrons. The van der Waals surface area contributed by atoms with E-state index in [1.54, 1.807) is 16.9 Å². The van der Waals surface area contributed by atoms with Gasteiger partial charge < -0.3 is 16.4 Å². The van der Waals surface area contributed by atoms with Gasteiger partial charge in [-0.2, -0.15) is 5.10 Å². The van der Waals surface area contributed by atoms with Crippen LogP contribution in [0.5, 0.6) is 0 Å². The third-order valence-electron chi connectivity index (χ3n) is 3.99. The van der Waals surface area contributed by atoms with Gasteiger partial charge in [0.25, 0.3) is 11.8 Å². The minimum atomic E-state index is -0.586. The minimum absolute atomic E-state index is 0.0153. The number of benzene rings is 1. The van der Waals surface area contributed by atoms with Gasteiger partial charge in [-0.15, -0.1) is 0 Å². The van der Waals surface area contributed by atoms with Crippen molar-refractivity contribution in [1.82, 2.24) is 25.1 Å². The first-order valence-electron chi connectivity index (χ1n) is 8.95. The van der Waals surface area contributed by atoms with Crippen LogP contribution in [0.4, 0.5) is 15.9 Å². The summed E-state index contributed by atoms with van der Waals surface area (Å²) < 4.78 is 15.5. The molecule has 10 heteroatoms. The van der Waals surface area contributed by atoms with Crippen molar-refractivity contribution in [3.63, 3.8) is 0 Å². The Morgan fingerprint density at radius 3 is 2.76 bits per heavy atom. The van der Waals surface area contributed by atoms with Crippen molar-refractivity contribution >= 4 is 23.3 Å². The van der Waals surface area contributed by atoms with Gasteiger partial charge in [0.15, 0.2) is 11.5 Å². The standard InChI is InChI=1S/C19H20FN7O2/c1-2-5-24-18(28)14-8-12(3-4-15(14)20)10-27-11-13(9-25-27)26-19(29)16-17(21)23-7-6-22-16/h3-4,6-9,11H,2,5,10H2,1H3,(H2,21,23)(H,24,28)(H,26,29). The third-order valence-corrected chi connectivity index (χ3v) is 3.99. The number of amides is 2. The summed E-state index contributed by atoms with van der Waals surface area (Å²) in [4.78, 5) is 32.0. The molecule has 0 aliphatic heterocycles. The number of nitrogens with one attached hydrogen (secondary N) is 2. The molecule has 2 heterocycles. The van der Waals surface area contributed by atoms with E-state index in [0.717, 1.165) is 6.42 Å². The summed E-state index contributed by atoms with van der Waals surface area (Å²) in [5, 5.41) is 9.46. The van der Waals surface area contributed by atoms with Crippen LogP contribution in [0.25, 0.3) is 0 Å². The molecule has 0 saturated carbocycles. The van der Waals surface area contributed by atoms with E-state index in [2.05, 4.69) is 25.7 Å². The molecule has 0 atom stereocenters. The second kappa shape index (κ2) is 8.91. The maximum Gasteiger partial charge on any atom is 0.278 e. The minimum Gasteiger partial charge on any atom is -0.382 e. The summed E-state index contributed by atoms with van der Waals surface area (Å²) in [5.74, 6) is -1.53. The lowest BCUT2D eigenvalue weighted by molar-refractivity contribution is 0.0948. The first-order chi connectivity index (χ1) is 14.0. The molecule has 9 nitrogen and oxygen atoms in total. The van der Waals surface area contributed by atoms with Gasteiger partial charge in [0, 0.05) is 25.1 Å². The number of carbonyl (C=O) groups excluding carboxylic acids is 2. The number of hydrogen-bond acceptors (Lipinski definition) is 6. The molecule has 1 aromatic carbocycles. The molecule has 0 saturated heterocycles. The number of hydrogen-bond donors (Lipinski definition) is 3. The Labute approximate surface area is 166 Å². The maximum atomic E-state index is 14.0. The van der Waals surface area contributed by atoms with E-state index >= 15 is 0 Å². The zero-order valence-electron chi connectivity index (χ0n) is 15.7. The Morgan fingerprint density at radius 2 is 2.00 bits per heavy atom. The van der Waals surface area contributed by atoms with Crippen LogP contribution >= 0.6 is 0 Å². The zero-order valence-corrected chi connectivity index (χ0v) is 15.7. The van der Waals surface area contributed by atoms with Gasteiger partial charge in [-0.1, -0.05) is 13.0 Å². The molecule has 0 spiro atoms. The van der Waals surface area contributed by atoms with E-state index in [-0.39, 0.29) is 23.6 Å². The largest absolute Gasteiger partial charge is 0.382 e. The molecule has 2 aromatic heterocycles. The second-order valence-electron chi connectivity index (χ2n) is 6.24. The summed E-state index contributed by atoms with van der Waals surface area (Å²) >= 11 is 0. The predicted molar refractivity (Wildman–Crippen MR) is 105 cm³/mol. The Bertz CT molecular complexity index is 1030. The highest BCUT2D eigenvalue weighted by molar-refractivity contribution is 6.05. The SMILES string of the molecule is CCCNC(=O)c1cc(Cn2cc(NC(=O)c3nccnc3N)cn2)ccc1F. The second-order valence-corrected chi connectivity index (χ2v) is 6.24. The van der Waals surface area contributed by atoms with Gasteiger partial charge in [-0.3, -0.25) is 14.3 Å². The normalized spacial score (nSPS) is 10.6. The number of rotatable bonds is 7. The topological polar surface area (TPSA) is 128 Å². The Hall–Kier alpha value is -3.82. The average molecular weight is 397 g/mol. The van der Waals surface area contributed by atoms with Crippen LogP contribution < -0.4 is 16.4 Å². The molecule has 0 bridgehead atoms. The molecule has 0 radical (unpaired) electrons.